The first-order valence-electron chi connectivity index (χ1n) is 7.30. The van der Waals surface area contributed by atoms with Crippen LogP contribution in [0.3, 0.4) is 0 Å². The lowest BCUT2D eigenvalue weighted by atomic mass is 9.96. The third-order valence-corrected chi connectivity index (χ3v) is 3.79. The Bertz CT molecular complexity index is 291. The molecule has 0 saturated carbocycles. The fourth-order valence-corrected chi connectivity index (χ4v) is 2.38. The standard InChI is InChI=1S/C15H30N2O2/c1-12(14(18)19-15(2,3)4)17(6)11-13-7-9-16(5)10-8-13/h12-13H,7-11H2,1-6H3. The summed E-state index contributed by atoms with van der Waals surface area (Å²) in [5.41, 5.74) is -0.403. The molecule has 112 valence electrons. The maximum atomic E-state index is 12.0. The quantitative estimate of drug-likeness (QED) is 0.731. The Hall–Kier alpha value is -0.610. The van der Waals surface area contributed by atoms with Gasteiger partial charge in [-0.2, -0.15) is 0 Å². The molecule has 1 unspecified atom stereocenters. The summed E-state index contributed by atoms with van der Waals surface area (Å²) < 4.78 is 5.44. The average Bonchev–Trinajstić information content (AvgIpc) is 2.28. The molecule has 4 heteroatoms. The molecule has 0 N–H and O–H groups in total. The zero-order valence-corrected chi connectivity index (χ0v) is 13.4. The highest BCUT2D eigenvalue weighted by Crippen LogP contribution is 2.18. The summed E-state index contributed by atoms with van der Waals surface area (Å²) in [7, 11) is 4.19. The van der Waals surface area contributed by atoms with Gasteiger partial charge in [-0.15, -0.1) is 0 Å². The lowest BCUT2D eigenvalue weighted by Crippen LogP contribution is -2.44. The Balaban J connectivity index is 2.39. The summed E-state index contributed by atoms with van der Waals surface area (Å²) in [6.07, 6.45) is 2.45. The minimum Gasteiger partial charge on any atom is -0.459 e. The molecule has 0 aromatic carbocycles. The van der Waals surface area contributed by atoms with Crippen molar-refractivity contribution in [3.05, 3.63) is 0 Å². The Labute approximate surface area is 118 Å². The fraction of sp³-hybridized carbons (Fsp3) is 0.933. The van der Waals surface area contributed by atoms with E-state index in [4.69, 9.17) is 4.74 Å². The van der Waals surface area contributed by atoms with Crippen molar-refractivity contribution in [3.63, 3.8) is 0 Å². The third-order valence-electron chi connectivity index (χ3n) is 3.79. The Morgan fingerprint density at radius 2 is 1.89 bits per heavy atom. The van der Waals surface area contributed by atoms with Crippen LogP contribution in [-0.2, 0) is 9.53 Å². The van der Waals surface area contributed by atoms with Gasteiger partial charge in [-0.3, -0.25) is 9.69 Å². The largest absolute Gasteiger partial charge is 0.459 e. The summed E-state index contributed by atoms with van der Waals surface area (Å²) in [5.74, 6) is 0.578. The minimum absolute atomic E-state index is 0.122. The van der Waals surface area contributed by atoms with Gasteiger partial charge in [0.2, 0.25) is 0 Å². The first kappa shape index (κ1) is 16.4. The van der Waals surface area contributed by atoms with E-state index in [1.54, 1.807) is 0 Å². The highest BCUT2D eigenvalue weighted by Gasteiger charge is 2.27. The molecule has 1 aliphatic heterocycles. The van der Waals surface area contributed by atoms with E-state index in [1.807, 2.05) is 34.7 Å². The number of likely N-dealkylation sites (N-methyl/N-ethyl adjacent to an activating group) is 1. The number of rotatable bonds is 4. The van der Waals surface area contributed by atoms with E-state index in [0.717, 1.165) is 6.54 Å². The number of carbonyl (C=O) groups excluding carboxylic acids is 1. The lowest BCUT2D eigenvalue weighted by Gasteiger charge is -2.34. The highest BCUT2D eigenvalue weighted by atomic mass is 16.6. The van der Waals surface area contributed by atoms with Crippen LogP contribution in [0.1, 0.15) is 40.5 Å². The van der Waals surface area contributed by atoms with Crippen LogP contribution in [0, 0.1) is 5.92 Å². The van der Waals surface area contributed by atoms with E-state index < -0.39 is 5.60 Å². The van der Waals surface area contributed by atoms with Crippen LogP contribution in [0.25, 0.3) is 0 Å². The smallest absolute Gasteiger partial charge is 0.323 e. The number of carbonyl (C=O) groups is 1. The SMILES string of the molecule is CC(C(=O)OC(C)(C)C)N(C)CC1CCN(C)CC1. The van der Waals surface area contributed by atoms with Crippen molar-refractivity contribution in [2.24, 2.45) is 5.92 Å². The minimum atomic E-state index is -0.403. The molecule has 1 aliphatic rings. The third kappa shape index (κ3) is 5.91. The predicted octanol–water partition coefficient (Wildman–Crippen LogP) is 1.99. The van der Waals surface area contributed by atoms with Gasteiger partial charge in [0.25, 0.3) is 0 Å². The van der Waals surface area contributed by atoms with Gasteiger partial charge in [0.05, 0.1) is 0 Å². The van der Waals surface area contributed by atoms with Crippen LogP contribution in [0.5, 0.6) is 0 Å². The number of nitrogens with zero attached hydrogens (tertiary/aromatic N) is 2. The Morgan fingerprint density at radius 3 is 2.37 bits per heavy atom. The summed E-state index contributed by atoms with van der Waals surface area (Å²) >= 11 is 0. The van der Waals surface area contributed by atoms with Crippen molar-refractivity contribution in [1.82, 2.24) is 9.80 Å². The summed E-state index contributed by atoms with van der Waals surface area (Å²) in [4.78, 5) is 16.5. The topological polar surface area (TPSA) is 32.8 Å². The first-order chi connectivity index (χ1) is 8.69. The van der Waals surface area contributed by atoms with Crippen LogP contribution in [0.15, 0.2) is 0 Å². The van der Waals surface area contributed by atoms with Crippen molar-refractivity contribution >= 4 is 5.97 Å². The Morgan fingerprint density at radius 1 is 1.37 bits per heavy atom. The van der Waals surface area contributed by atoms with Gasteiger partial charge in [-0.05, 0) is 73.6 Å². The molecule has 0 bridgehead atoms. The van der Waals surface area contributed by atoms with Crippen molar-refractivity contribution in [1.29, 1.82) is 0 Å². The molecule has 1 saturated heterocycles. The summed E-state index contributed by atoms with van der Waals surface area (Å²) in [6.45, 7) is 11.0. The second-order valence-corrected chi connectivity index (χ2v) is 6.90. The molecule has 4 nitrogen and oxygen atoms in total. The summed E-state index contributed by atoms with van der Waals surface area (Å²) in [6, 6.07) is -0.168. The number of esters is 1. The van der Waals surface area contributed by atoms with E-state index in [0.29, 0.717) is 5.92 Å². The van der Waals surface area contributed by atoms with Crippen molar-refractivity contribution in [2.75, 3.05) is 33.7 Å². The monoisotopic (exact) mass is 270 g/mol. The van der Waals surface area contributed by atoms with Gasteiger partial charge in [0.1, 0.15) is 11.6 Å². The van der Waals surface area contributed by atoms with Gasteiger partial charge in [0, 0.05) is 6.54 Å². The van der Waals surface area contributed by atoms with Gasteiger partial charge >= 0.3 is 5.97 Å². The van der Waals surface area contributed by atoms with Crippen molar-refractivity contribution in [2.45, 2.75) is 52.2 Å². The second-order valence-electron chi connectivity index (χ2n) is 6.90. The molecular weight excluding hydrogens is 240 g/mol. The molecule has 0 aromatic heterocycles. The number of piperidine rings is 1. The normalized spacial score (nSPS) is 20.6. The molecule has 1 fully saturated rings. The number of hydrogen-bond acceptors (Lipinski definition) is 4. The van der Waals surface area contributed by atoms with Gasteiger partial charge in [-0.1, -0.05) is 0 Å². The van der Waals surface area contributed by atoms with Crippen LogP contribution >= 0.6 is 0 Å². The van der Waals surface area contributed by atoms with E-state index in [1.165, 1.54) is 25.9 Å². The summed E-state index contributed by atoms with van der Waals surface area (Å²) in [5, 5.41) is 0. The zero-order chi connectivity index (χ0) is 14.6. The van der Waals surface area contributed by atoms with Crippen molar-refractivity contribution in [3.8, 4) is 0 Å². The van der Waals surface area contributed by atoms with E-state index in [-0.39, 0.29) is 12.0 Å². The number of ether oxygens (including phenoxy) is 1. The molecule has 19 heavy (non-hydrogen) atoms. The molecule has 1 rings (SSSR count). The molecule has 1 heterocycles. The highest BCUT2D eigenvalue weighted by molar-refractivity contribution is 5.75. The predicted molar refractivity (Wildman–Crippen MR) is 78.2 cm³/mol. The molecule has 1 atom stereocenters. The first-order valence-corrected chi connectivity index (χ1v) is 7.30. The van der Waals surface area contributed by atoms with Crippen LogP contribution in [0.4, 0.5) is 0 Å². The molecule has 0 spiro atoms. The van der Waals surface area contributed by atoms with Crippen molar-refractivity contribution < 1.29 is 9.53 Å². The fourth-order valence-electron chi connectivity index (χ4n) is 2.38. The van der Waals surface area contributed by atoms with Gasteiger partial charge in [-0.25, -0.2) is 0 Å². The maximum absolute atomic E-state index is 12.0. The maximum Gasteiger partial charge on any atom is 0.323 e. The van der Waals surface area contributed by atoms with Gasteiger partial charge < -0.3 is 9.64 Å². The van der Waals surface area contributed by atoms with Crippen LogP contribution in [-0.4, -0.2) is 61.1 Å². The molecule has 0 aromatic rings. The second kappa shape index (κ2) is 6.71. The van der Waals surface area contributed by atoms with E-state index in [9.17, 15) is 4.79 Å². The molecule has 0 aliphatic carbocycles. The molecule has 0 amide bonds. The molecular formula is C15H30N2O2. The number of hydrogen-bond donors (Lipinski definition) is 0. The zero-order valence-electron chi connectivity index (χ0n) is 13.4. The van der Waals surface area contributed by atoms with Crippen LogP contribution in [0.2, 0.25) is 0 Å². The average molecular weight is 270 g/mol. The molecule has 0 radical (unpaired) electrons. The number of likely N-dealkylation sites (tertiary alicyclic amines) is 1. The van der Waals surface area contributed by atoms with E-state index in [2.05, 4.69) is 16.8 Å². The Kier molecular flexibility index (Phi) is 5.81. The van der Waals surface area contributed by atoms with Crippen LogP contribution < -0.4 is 0 Å². The lowest BCUT2D eigenvalue weighted by molar-refractivity contribution is -0.160. The van der Waals surface area contributed by atoms with Gasteiger partial charge in [0.15, 0.2) is 0 Å². The van der Waals surface area contributed by atoms with E-state index >= 15 is 0 Å².